The first-order chi connectivity index (χ1) is 12.7. The smallest absolute Gasteiger partial charge is 0.307 e. The molecule has 0 rings (SSSR count). The standard InChI is InChI=1S/C23H41ClO2/c1-3-5-7-8-9-10-11-12-13-14-15-16-17-18-19-21-23(25)26-22(24)20-6-4-2/h9-10,12-13,22H,3-8,11,14-21H2,1-2H3/b10-9-,13-12-. The van der Waals surface area contributed by atoms with Crippen LogP contribution in [0.3, 0.4) is 0 Å². The molecule has 0 radical (unpaired) electrons. The minimum absolute atomic E-state index is 0.146. The Kier molecular flexibility index (Phi) is 19.9. The fourth-order valence-corrected chi connectivity index (χ4v) is 2.96. The van der Waals surface area contributed by atoms with Crippen LogP contribution in [-0.2, 0) is 9.53 Å². The molecule has 0 amide bonds. The summed E-state index contributed by atoms with van der Waals surface area (Å²) in [7, 11) is 0. The van der Waals surface area contributed by atoms with Crippen molar-refractivity contribution in [1.82, 2.24) is 0 Å². The van der Waals surface area contributed by atoms with Crippen LogP contribution in [0.25, 0.3) is 0 Å². The molecule has 0 aliphatic rings. The van der Waals surface area contributed by atoms with Crippen LogP contribution in [-0.4, -0.2) is 11.5 Å². The Morgan fingerprint density at radius 2 is 1.38 bits per heavy atom. The number of carbonyl (C=O) groups excluding carboxylic acids is 1. The van der Waals surface area contributed by atoms with E-state index < -0.39 is 5.56 Å². The zero-order valence-electron chi connectivity index (χ0n) is 17.2. The van der Waals surface area contributed by atoms with E-state index >= 15 is 0 Å². The molecule has 0 spiro atoms. The largest absolute Gasteiger partial charge is 0.446 e. The lowest BCUT2D eigenvalue weighted by atomic mass is 10.1. The van der Waals surface area contributed by atoms with E-state index in [0.29, 0.717) is 6.42 Å². The van der Waals surface area contributed by atoms with Crippen LogP contribution in [0.2, 0.25) is 0 Å². The van der Waals surface area contributed by atoms with Crippen molar-refractivity contribution in [3.05, 3.63) is 24.3 Å². The monoisotopic (exact) mass is 384 g/mol. The Morgan fingerprint density at radius 3 is 2.04 bits per heavy atom. The van der Waals surface area contributed by atoms with E-state index in [1.54, 1.807) is 0 Å². The van der Waals surface area contributed by atoms with Gasteiger partial charge in [0.25, 0.3) is 0 Å². The first kappa shape index (κ1) is 25.2. The van der Waals surface area contributed by atoms with Gasteiger partial charge < -0.3 is 4.74 Å². The number of ether oxygens (including phenoxy) is 1. The number of unbranched alkanes of at least 4 members (excludes halogenated alkanes) is 9. The van der Waals surface area contributed by atoms with Crippen molar-refractivity contribution >= 4 is 17.6 Å². The number of rotatable bonds is 18. The third kappa shape index (κ3) is 19.6. The van der Waals surface area contributed by atoms with Crippen LogP contribution in [0.1, 0.15) is 110 Å². The molecule has 152 valence electrons. The third-order valence-corrected chi connectivity index (χ3v) is 4.68. The lowest BCUT2D eigenvalue weighted by molar-refractivity contribution is -0.145. The third-order valence-electron chi connectivity index (χ3n) is 4.38. The van der Waals surface area contributed by atoms with Crippen molar-refractivity contribution in [1.29, 1.82) is 0 Å². The molecule has 0 N–H and O–H groups in total. The van der Waals surface area contributed by atoms with Crippen molar-refractivity contribution in [2.75, 3.05) is 0 Å². The molecule has 2 nitrogen and oxygen atoms in total. The summed E-state index contributed by atoms with van der Waals surface area (Å²) >= 11 is 5.97. The first-order valence-corrected chi connectivity index (χ1v) is 11.3. The molecule has 0 saturated carbocycles. The van der Waals surface area contributed by atoms with E-state index in [0.717, 1.165) is 44.9 Å². The zero-order valence-corrected chi connectivity index (χ0v) is 17.9. The fourth-order valence-electron chi connectivity index (χ4n) is 2.71. The van der Waals surface area contributed by atoms with Crippen molar-refractivity contribution < 1.29 is 9.53 Å². The molecule has 0 heterocycles. The van der Waals surface area contributed by atoms with Crippen LogP contribution >= 0.6 is 11.6 Å². The van der Waals surface area contributed by atoms with Gasteiger partial charge in [0, 0.05) is 6.42 Å². The van der Waals surface area contributed by atoms with Crippen LogP contribution < -0.4 is 0 Å². The van der Waals surface area contributed by atoms with Crippen molar-refractivity contribution in [2.24, 2.45) is 0 Å². The molecule has 0 aromatic rings. The highest BCUT2D eigenvalue weighted by Crippen LogP contribution is 2.12. The Balaban J connectivity index is 3.35. The summed E-state index contributed by atoms with van der Waals surface area (Å²) in [6.45, 7) is 4.35. The summed E-state index contributed by atoms with van der Waals surface area (Å²) in [4.78, 5) is 11.6. The summed E-state index contributed by atoms with van der Waals surface area (Å²) in [6, 6.07) is 0. The first-order valence-electron chi connectivity index (χ1n) is 10.8. The predicted molar refractivity (Wildman–Crippen MR) is 115 cm³/mol. The number of esters is 1. The number of carbonyl (C=O) groups is 1. The van der Waals surface area contributed by atoms with Crippen LogP contribution in [0.4, 0.5) is 0 Å². The van der Waals surface area contributed by atoms with Gasteiger partial charge in [0.15, 0.2) is 5.56 Å². The maximum Gasteiger partial charge on any atom is 0.307 e. The second-order valence-electron chi connectivity index (χ2n) is 7.02. The van der Waals surface area contributed by atoms with Gasteiger partial charge in [-0.1, -0.05) is 88.3 Å². The van der Waals surface area contributed by atoms with Crippen molar-refractivity contribution in [3.63, 3.8) is 0 Å². The van der Waals surface area contributed by atoms with E-state index in [9.17, 15) is 4.79 Å². The second-order valence-corrected chi connectivity index (χ2v) is 7.51. The van der Waals surface area contributed by atoms with E-state index in [-0.39, 0.29) is 5.97 Å². The molecule has 1 atom stereocenters. The van der Waals surface area contributed by atoms with Crippen LogP contribution in [0, 0.1) is 0 Å². The highest BCUT2D eigenvalue weighted by atomic mass is 35.5. The molecular formula is C23H41ClO2. The average Bonchev–Trinajstić information content (AvgIpc) is 2.63. The molecule has 0 aromatic carbocycles. The number of alkyl halides is 1. The number of hydrogen-bond acceptors (Lipinski definition) is 2. The van der Waals surface area contributed by atoms with Gasteiger partial charge in [0.1, 0.15) is 0 Å². The molecule has 0 bridgehead atoms. The van der Waals surface area contributed by atoms with Gasteiger partial charge in [-0.2, -0.15) is 0 Å². The van der Waals surface area contributed by atoms with Gasteiger partial charge in [-0.25, -0.2) is 0 Å². The lowest BCUT2D eigenvalue weighted by Gasteiger charge is -2.10. The summed E-state index contributed by atoms with van der Waals surface area (Å²) in [5.41, 5.74) is -0.444. The van der Waals surface area contributed by atoms with Crippen LogP contribution in [0.5, 0.6) is 0 Å². The minimum atomic E-state index is -0.444. The number of allylic oxidation sites excluding steroid dienone is 4. The van der Waals surface area contributed by atoms with Gasteiger partial charge in [-0.15, -0.1) is 0 Å². The van der Waals surface area contributed by atoms with Crippen molar-refractivity contribution in [3.8, 4) is 0 Å². The highest BCUT2D eigenvalue weighted by Gasteiger charge is 2.10. The zero-order chi connectivity index (χ0) is 19.3. The quantitative estimate of drug-likeness (QED) is 0.103. The minimum Gasteiger partial charge on any atom is -0.446 e. The van der Waals surface area contributed by atoms with Gasteiger partial charge in [-0.05, 0) is 51.4 Å². The molecule has 1 unspecified atom stereocenters. The number of halogens is 1. The molecule has 0 fully saturated rings. The molecule has 0 saturated heterocycles. The van der Waals surface area contributed by atoms with E-state index in [4.69, 9.17) is 16.3 Å². The molecule has 3 heteroatoms. The molecule has 0 aliphatic carbocycles. The van der Waals surface area contributed by atoms with Gasteiger partial charge in [0.2, 0.25) is 0 Å². The predicted octanol–water partition coefficient (Wildman–Crippen LogP) is 8.10. The fraction of sp³-hybridized carbons (Fsp3) is 0.783. The lowest BCUT2D eigenvalue weighted by Crippen LogP contribution is -2.12. The molecule has 26 heavy (non-hydrogen) atoms. The normalized spacial score (nSPS) is 12.9. The van der Waals surface area contributed by atoms with Gasteiger partial charge >= 0.3 is 5.97 Å². The van der Waals surface area contributed by atoms with Gasteiger partial charge in [0.05, 0.1) is 0 Å². The second kappa shape index (κ2) is 20.6. The summed E-state index contributed by atoms with van der Waals surface area (Å²) in [5.74, 6) is -0.146. The van der Waals surface area contributed by atoms with E-state index in [1.807, 2.05) is 0 Å². The summed E-state index contributed by atoms with van der Waals surface area (Å²) < 4.78 is 5.18. The van der Waals surface area contributed by atoms with E-state index in [2.05, 4.69) is 38.2 Å². The Labute approximate surface area is 167 Å². The maximum absolute atomic E-state index is 11.6. The Morgan fingerprint density at radius 1 is 0.808 bits per heavy atom. The summed E-state index contributed by atoms with van der Waals surface area (Å²) in [6.07, 6.45) is 25.6. The Bertz CT molecular complexity index is 363. The number of hydrogen-bond donors (Lipinski definition) is 0. The molecule has 0 aromatic heterocycles. The van der Waals surface area contributed by atoms with Crippen LogP contribution in [0.15, 0.2) is 24.3 Å². The summed E-state index contributed by atoms with van der Waals surface area (Å²) in [5, 5.41) is 0. The Hall–Kier alpha value is -0.760. The van der Waals surface area contributed by atoms with Crippen molar-refractivity contribution in [2.45, 2.75) is 116 Å². The maximum atomic E-state index is 11.6. The molecular weight excluding hydrogens is 344 g/mol. The van der Waals surface area contributed by atoms with Gasteiger partial charge in [-0.3, -0.25) is 4.79 Å². The topological polar surface area (TPSA) is 26.3 Å². The SMILES string of the molecule is CCCCC/C=C\C/C=C\CCCCCCCC(=O)OC(Cl)CCCC. The van der Waals surface area contributed by atoms with E-state index in [1.165, 1.54) is 44.9 Å². The average molecular weight is 385 g/mol. The highest BCUT2D eigenvalue weighted by molar-refractivity contribution is 6.20. The molecule has 0 aliphatic heterocycles.